The molecule has 7 heteroatoms. The van der Waals surface area contributed by atoms with E-state index < -0.39 is 0 Å². The van der Waals surface area contributed by atoms with Crippen molar-refractivity contribution >= 4 is 17.7 Å². The average molecular weight is 418 g/mol. The van der Waals surface area contributed by atoms with Gasteiger partial charge >= 0.3 is 0 Å². The molecule has 3 rings (SSSR count). The minimum Gasteiger partial charge on any atom is -0.379 e. The second-order valence-corrected chi connectivity index (χ2v) is 7.90. The van der Waals surface area contributed by atoms with Crippen molar-refractivity contribution in [3.63, 3.8) is 0 Å². The topological polar surface area (TPSA) is 56.6 Å². The summed E-state index contributed by atoms with van der Waals surface area (Å²) in [4.78, 5) is 20.6. The Labute approximate surface area is 177 Å². The summed E-state index contributed by atoms with van der Waals surface area (Å²) < 4.78 is 13.1. The van der Waals surface area contributed by atoms with Crippen LogP contribution >= 0.6 is 11.8 Å². The lowest BCUT2D eigenvalue weighted by Gasteiger charge is -2.32. The maximum atomic E-state index is 13.0. The maximum absolute atomic E-state index is 13.0. The molecule has 0 aliphatic carbocycles. The summed E-state index contributed by atoms with van der Waals surface area (Å²) in [5.74, 6) is 1.63. The Morgan fingerprint density at radius 3 is 2.69 bits per heavy atom. The summed E-state index contributed by atoms with van der Waals surface area (Å²) in [5.41, 5.74) is 0.809. The quantitative estimate of drug-likeness (QED) is 0.436. The number of carbonyl (C=O) groups excluding carboxylic acids is 1. The highest BCUT2D eigenvalue weighted by atomic mass is 32.2. The first kappa shape index (κ1) is 21.9. The predicted molar refractivity (Wildman–Crippen MR) is 116 cm³/mol. The second kappa shape index (κ2) is 11.4. The fourth-order valence-electron chi connectivity index (χ4n) is 3.73. The Hall–Kier alpha value is -1.83. The Morgan fingerprint density at radius 2 is 1.93 bits per heavy atom. The molecule has 2 aromatic rings. The number of hydrogen-bond acceptors (Lipinski definition) is 5. The van der Waals surface area contributed by atoms with Crippen LogP contribution in [0.25, 0.3) is 0 Å². The molecule has 2 heterocycles. The standard InChI is InChI=1S/C22H31N3O3S/c1-3-27-16-17-28-15-14-24-13-10-23-21(24)18-8-11-25(12-9-18)22(26)19-6-4-5-7-20(19)29-2/h4-7,10,13,18H,3,8-9,11-12,14-17H2,1-2H3. The average Bonchev–Trinajstić information content (AvgIpc) is 3.24. The highest BCUT2D eigenvalue weighted by Gasteiger charge is 2.27. The third-order valence-corrected chi connectivity index (χ3v) is 6.08. The smallest absolute Gasteiger partial charge is 0.254 e. The lowest BCUT2D eigenvalue weighted by Crippen LogP contribution is -2.38. The molecule has 29 heavy (non-hydrogen) atoms. The number of carbonyl (C=O) groups is 1. The van der Waals surface area contributed by atoms with Gasteiger partial charge in [0.15, 0.2) is 0 Å². The molecule has 158 valence electrons. The fourth-order valence-corrected chi connectivity index (χ4v) is 4.32. The van der Waals surface area contributed by atoms with Gasteiger partial charge in [0.2, 0.25) is 0 Å². The molecule has 1 fully saturated rings. The van der Waals surface area contributed by atoms with E-state index in [0.717, 1.165) is 55.4 Å². The number of ether oxygens (including phenoxy) is 2. The normalized spacial score (nSPS) is 15.0. The first-order valence-corrected chi connectivity index (χ1v) is 11.6. The molecule has 1 amide bonds. The number of amides is 1. The number of hydrogen-bond donors (Lipinski definition) is 0. The number of nitrogens with zero attached hydrogens (tertiary/aromatic N) is 3. The van der Waals surface area contributed by atoms with Gasteiger partial charge in [-0.2, -0.15) is 0 Å². The van der Waals surface area contributed by atoms with Crippen LogP contribution in [0.4, 0.5) is 0 Å². The fraction of sp³-hybridized carbons (Fsp3) is 0.545. The monoisotopic (exact) mass is 417 g/mol. The summed E-state index contributed by atoms with van der Waals surface area (Å²) in [5, 5.41) is 0. The molecule has 1 aliphatic heterocycles. The van der Waals surface area contributed by atoms with E-state index >= 15 is 0 Å². The van der Waals surface area contributed by atoms with E-state index in [1.807, 2.05) is 54.7 Å². The minimum atomic E-state index is 0.138. The summed E-state index contributed by atoms with van der Waals surface area (Å²) in [6.07, 6.45) is 7.78. The third kappa shape index (κ3) is 5.84. The van der Waals surface area contributed by atoms with Crippen molar-refractivity contribution < 1.29 is 14.3 Å². The van der Waals surface area contributed by atoms with Crippen molar-refractivity contribution in [2.45, 2.75) is 37.1 Å². The van der Waals surface area contributed by atoms with Crippen LogP contribution in [0, 0.1) is 0 Å². The molecular formula is C22H31N3O3S. The molecule has 0 N–H and O–H groups in total. The van der Waals surface area contributed by atoms with E-state index in [-0.39, 0.29) is 5.91 Å². The van der Waals surface area contributed by atoms with Crippen LogP contribution in [0.2, 0.25) is 0 Å². The molecule has 0 radical (unpaired) electrons. The second-order valence-electron chi connectivity index (χ2n) is 7.05. The molecule has 0 atom stereocenters. The third-order valence-electron chi connectivity index (χ3n) is 5.29. The molecular weight excluding hydrogens is 386 g/mol. The van der Waals surface area contributed by atoms with E-state index in [0.29, 0.717) is 25.7 Å². The zero-order valence-electron chi connectivity index (χ0n) is 17.4. The van der Waals surface area contributed by atoms with E-state index in [9.17, 15) is 4.79 Å². The molecule has 1 aliphatic rings. The number of aromatic nitrogens is 2. The van der Waals surface area contributed by atoms with Gasteiger partial charge in [-0.25, -0.2) is 4.98 Å². The van der Waals surface area contributed by atoms with Gasteiger partial charge in [-0.05, 0) is 38.2 Å². The van der Waals surface area contributed by atoms with Crippen LogP contribution in [0.3, 0.4) is 0 Å². The molecule has 1 saturated heterocycles. The zero-order chi connectivity index (χ0) is 20.5. The Balaban J connectivity index is 1.51. The number of likely N-dealkylation sites (tertiary alicyclic amines) is 1. The van der Waals surface area contributed by atoms with Gasteiger partial charge in [-0.15, -0.1) is 11.8 Å². The van der Waals surface area contributed by atoms with Crippen LogP contribution in [0.5, 0.6) is 0 Å². The summed E-state index contributed by atoms with van der Waals surface area (Å²) >= 11 is 1.62. The van der Waals surface area contributed by atoms with Crippen molar-refractivity contribution in [1.29, 1.82) is 0 Å². The Bertz CT molecular complexity index is 772. The van der Waals surface area contributed by atoms with Crippen molar-refractivity contribution in [1.82, 2.24) is 14.5 Å². The SMILES string of the molecule is CCOCCOCCn1ccnc1C1CCN(C(=O)c2ccccc2SC)CC1. The molecule has 0 unspecified atom stereocenters. The van der Waals surface area contributed by atoms with Gasteiger partial charge in [-0.1, -0.05) is 12.1 Å². The van der Waals surface area contributed by atoms with Gasteiger partial charge in [-0.3, -0.25) is 4.79 Å². The maximum Gasteiger partial charge on any atom is 0.254 e. The van der Waals surface area contributed by atoms with E-state index in [1.165, 1.54) is 0 Å². The number of thioether (sulfide) groups is 1. The van der Waals surface area contributed by atoms with E-state index in [4.69, 9.17) is 9.47 Å². The Kier molecular flexibility index (Phi) is 8.58. The highest BCUT2D eigenvalue weighted by molar-refractivity contribution is 7.98. The first-order valence-electron chi connectivity index (χ1n) is 10.3. The van der Waals surface area contributed by atoms with Gasteiger partial charge < -0.3 is 18.9 Å². The molecule has 1 aromatic heterocycles. The lowest BCUT2D eigenvalue weighted by atomic mass is 9.95. The lowest BCUT2D eigenvalue weighted by molar-refractivity contribution is 0.0492. The predicted octanol–water partition coefficient (Wildman–Crippen LogP) is 3.68. The van der Waals surface area contributed by atoms with Crippen LogP contribution < -0.4 is 0 Å². The van der Waals surface area contributed by atoms with Crippen molar-refractivity contribution in [2.24, 2.45) is 0 Å². The summed E-state index contributed by atoms with van der Waals surface area (Å²) in [7, 11) is 0. The zero-order valence-corrected chi connectivity index (χ0v) is 18.2. The van der Waals surface area contributed by atoms with Crippen molar-refractivity contribution in [2.75, 3.05) is 45.8 Å². The number of rotatable bonds is 10. The van der Waals surface area contributed by atoms with Gasteiger partial charge in [0.25, 0.3) is 5.91 Å². The van der Waals surface area contributed by atoms with Crippen LogP contribution in [-0.4, -0.2) is 66.1 Å². The highest BCUT2D eigenvalue weighted by Crippen LogP contribution is 2.29. The van der Waals surface area contributed by atoms with Gasteiger partial charge in [0.1, 0.15) is 5.82 Å². The Morgan fingerprint density at radius 1 is 1.17 bits per heavy atom. The van der Waals surface area contributed by atoms with Crippen LogP contribution in [0.1, 0.15) is 41.9 Å². The van der Waals surface area contributed by atoms with Crippen molar-refractivity contribution in [3.05, 3.63) is 48.0 Å². The van der Waals surface area contributed by atoms with E-state index in [1.54, 1.807) is 11.8 Å². The van der Waals surface area contributed by atoms with Crippen molar-refractivity contribution in [3.8, 4) is 0 Å². The molecule has 1 aromatic carbocycles. The van der Waals surface area contributed by atoms with Crippen LogP contribution in [-0.2, 0) is 16.0 Å². The summed E-state index contributed by atoms with van der Waals surface area (Å²) in [6.45, 7) is 6.95. The molecule has 6 nitrogen and oxygen atoms in total. The first-order chi connectivity index (χ1) is 14.2. The largest absolute Gasteiger partial charge is 0.379 e. The van der Waals surface area contributed by atoms with Gasteiger partial charge in [0, 0.05) is 49.4 Å². The molecule has 0 bridgehead atoms. The number of benzene rings is 1. The molecule has 0 spiro atoms. The number of imidazole rings is 1. The van der Waals surface area contributed by atoms with Crippen LogP contribution in [0.15, 0.2) is 41.6 Å². The number of piperidine rings is 1. The molecule has 0 saturated carbocycles. The van der Waals surface area contributed by atoms with E-state index in [2.05, 4.69) is 9.55 Å². The minimum absolute atomic E-state index is 0.138. The van der Waals surface area contributed by atoms with Gasteiger partial charge in [0.05, 0.1) is 25.4 Å². The summed E-state index contributed by atoms with van der Waals surface area (Å²) in [6, 6.07) is 7.86.